The number of benzene rings is 1. The molecule has 3 aromatic rings. The lowest BCUT2D eigenvalue weighted by molar-refractivity contribution is 0.0930. The van der Waals surface area contributed by atoms with Gasteiger partial charge in [0.15, 0.2) is 0 Å². The Labute approximate surface area is 166 Å². The standard InChI is InChI=1S/C23H29N5/c1-4-15-9-16(19-10-17-12-24-8-7-18(17)19)5-6-21(15)28(3)23-11-22-20(13-25-23)26-14-27(22)2/h5-6,9,11,13-14,17-19,24H,4,7-8,10,12H2,1-3H3/t17-,18?,19?/m1/s1. The maximum Gasteiger partial charge on any atom is 0.134 e. The van der Waals surface area contributed by atoms with Crippen molar-refractivity contribution in [1.29, 1.82) is 0 Å². The molecular weight excluding hydrogens is 346 g/mol. The van der Waals surface area contributed by atoms with E-state index in [1.807, 2.05) is 24.1 Å². The van der Waals surface area contributed by atoms with Gasteiger partial charge in [0, 0.05) is 25.8 Å². The summed E-state index contributed by atoms with van der Waals surface area (Å²) in [5, 5.41) is 3.55. The number of hydrogen-bond donors (Lipinski definition) is 1. The fourth-order valence-electron chi connectivity index (χ4n) is 5.19. The molecule has 3 atom stereocenters. The van der Waals surface area contributed by atoms with Gasteiger partial charge in [-0.05, 0) is 67.3 Å². The third kappa shape index (κ3) is 2.80. The third-order valence-corrected chi connectivity index (χ3v) is 6.95. The number of fused-ring (bicyclic) bond motifs is 2. The van der Waals surface area contributed by atoms with Crippen LogP contribution in [-0.4, -0.2) is 34.7 Å². The zero-order valence-electron chi connectivity index (χ0n) is 17.0. The van der Waals surface area contributed by atoms with E-state index in [1.54, 1.807) is 0 Å². The van der Waals surface area contributed by atoms with Crippen molar-refractivity contribution in [2.24, 2.45) is 18.9 Å². The van der Waals surface area contributed by atoms with Crippen LogP contribution in [0, 0.1) is 11.8 Å². The molecule has 5 rings (SSSR count). The van der Waals surface area contributed by atoms with E-state index < -0.39 is 0 Å². The van der Waals surface area contributed by atoms with E-state index in [4.69, 9.17) is 0 Å². The largest absolute Gasteiger partial charge is 0.334 e. The Morgan fingerprint density at radius 3 is 2.96 bits per heavy atom. The molecule has 5 nitrogen and oxygen atoms in total. The summed E-state index contributed by atoms with van der Waals surface area (Å²) in [7, 11) is 4.14. The van der Waals surface area contributed by atoms with Crippen molar-refractivity contribution in [2.45, 2.75) is 32.1 Å². The summed E-state index contributed by atoms with van der Waals surface area (Å²) < 4.78 is 2.05. The van der Waals surface area contributed by atoms with Crippen molar-refractivity contribution in [2.75, 3.05) is 25.0 Å². The van der Waals surface area contributed by atoms with Crippen molar-refractivity contribution in [3.05, 3.63) is 47.9 Å². The van der Waals surface area contributed by atoms with Crippen molar-refractivity contribution in [1.82, 2.24) is 19.9 Å². The summed E-state index contributed by atoms with van der Waals surface area (Å²) >= 11 is 0. The summed E-state index contributed by atoms with van der Waals surface area (Å²) in [6.07, 6.45) is 7.41. The van der Waals surface area contributed by atoms with Crippen LogP contribution in [0.4, 0.5) is 11.5 Å². The van der Waals surface area contributed by atoms with E-state index in [0.29, 0.717) is 0 Å². The van der Waals surface area contributed by atoms with Crippen LogP contribution < -0.4 is 10.2 Å². The average molecular weight is 376 g/mol. The van der Waals surface area contributed by atoms with Crippen molar-refractivity contribution >= 4 is 22.5 Å². The minimum Gasteiger partial charge on any atom is -0.334 e. The van der Waals surface area contributed by atoms with Gasteiger partial charge in [-0.15, -0.1) is 0 Å². The molecule has 5 heteroatoms. The SMILES string of the molecule is CCc1cc(C2C[C@@H]3CNCCC23)ccc1N(C)c1cc2c(cn1)ncn2C. The number of hydrogen-bond acceptors (Lipinski definition) is 4. The molecule has 146 valence electrons. The lowest BCUT2D eigenvalue weighted by Gasteiger charge is -2.48. The predicted molar refractivity (Wildman–Crippen MR) is 114 cm³/mol. The number of aromatic nitrogens is 3. The lowest BCUT2D eigenvalue weighted by atomic mass is 9.59. The van der Waals surface area contributed by atoms with E-state index in [2.05, 4.69) is 58.4 Å². The lowest BCUT2D eigenvalue weighted by Crippen LogP contribution is -2.47. The van der Waals surface area contributed by atoms with Crippen LogP contribution in [-0.2, 0) is 13.5 Å². The molecule has 1 aromatic carbocycles. The van der Waals surface area contributed by atoms with Gasteiger partial charge in [-0.2, -0.15) is 0 Å². The summed E-state index contributed by atoms with van der Waals surface area (Å²) in [6, 6.07) is 9.24. The second-order valence-electron chi connectivity index (χ2n) is 8.45. The zero-order chi connectivity index (χ0) is 19.3. The van der Waals surface area contributed by atoms with Crippen molar-refractivity contribution in [3.8, 4) is 0 Å². The molecule has 2 aromatic heterocycles. The Morgan fingerprint density at radius 2 is 2.14 bits per heavy atom. The molecule has 2 fully saturated rings. The Balaban J connectivity index is 1.44. The topological polar surface area (TPSA) is 46.0 Å². The Bertz CT molecular complexity index is 1010. The Kier molecular flexibility index (Phi) is 4.35. The third-order valence-electron chi connectivity index (χ3n) is 6.95. The van der Waals surface area contributed by atoms with Crippen LogP contribution in [0.1, 0.15) is 36.8 Å². The van der Waals surface area contributed by atoms with Crippen LogP contribution in [0.25, 0.3) is 11.0 Å². The molecule has 2 aliphatic rings. The number of imidazole rings is 1. The fourth-order valence-corrected chi connectivity index (χ4v) is 5.19. The zero-order valence-corrected chi connectivity index (χ0v) is 17.0. The maximum atomic E-state index is 4.65. The molecule has 1 N–H and O–H groups in total. The molecular formula is C23H29N5. The van der Waals surface area contributed by atoms with Gasteiger partial charge >= 0.3 is 0 Å². The first kappa shape index (κ1) is 17.7. The minimum absolute atomic E-state index is 0.751. The number of aryl methyl sites for hydroxylation is 2. The van der Waals surface area contributed by atoms with Crippen molar-refractivity contribution < 1.29 is 0 Å². The second kappa shape index (κ2) is 6.89. The second-order valence-corrected chi connectivity index (χ2v) is 8.45. The Hall–Kier alpha value is -2.40. The first-order valence-electron chi connectivity index (χ1n) is 10.5. The molecule has 0 radical (unpaired) electrons. The molecule has 1 saturated carbocycles. The number of piperidine rings is 1. The highest BCUT2D eigenvalue weighted by Crippen LogP contribution is 2.50. The highest BCUT2D eigenvalue weighted by Gasteiger charge is 2.42. The highest BCUT2D eigenvalue weighted by atomic mass is 15.2. The quantitative estimate of drug-likeness (QED) is 0.748. The van der Waals surface area contributed by atoms with E-state index in [1.165, 1.54) is 42.7 Å². The first-order valence-corrected chi connectivity index (χ1v) is 10.5. The normalized spacial score (nSPS) is 24.0. The number of anilines is 2. The molecule has 1 aliphatic heterocycles. The summed E-state index contributed by atoms with van der Waals surface area (Å²) in [5.74, 6) is 3.48. The van der Waals surface area contributed by atoms with Crippen LogP contribution in [0.2, 0.25) is 0 Å². The molecule has 0 bridgehead atoms. The maximum absolute atomic E-state index is 4.65. The van der Waals surface area contributed by atoms with Crippen LogP contribution in [0.15, 0.2) is 36.8 Å². The number of pyridine rings is 1. The van der Waals surface area contributed by atoms with E-state index in [0.717, 1.165) is 41.0 Å². The predicted octanol–water partition coefficient (Wildman–Crippen LogP) is 4.01. The summed E-state index contributed by atoms with van der Waals surface area (Å²) in [6.45, 7) is 4.65. The summed E-state index contributed by atoms with van der Waals surface area (Å²) in [4.78, 5) is 11.2. The van der Waals surface area contributed by atoms with Gasteiger partial charge in [0.25, 0.3) is 0 Å². The number of rotatable bonds is 4. The highest BCUT2D eigenvalue weighted by molar-refractivity contribution is 5.79. The van der Waals surface area contributed by atoms with Gasteiger partial charge in [-0.25, -0.2) is 9.97 Å². The van der Waals surface area contributed by atoms with Gasteiger partial charge in [-0.1, -0.05) is 19.1 Å². The van der Waals surface area contributed by atoms with Crippen molar-refractivity contribution in [3.63, 3.8) is 0 Å². The van der Waals surface area contributed by atoms with Gasteiger partial charge < -0.3 is 14.8 Å². The molecule has 2 unspecified atom stereocenters. The first-order chi connectivity index (χ1) is 13.7. The molecule has 1 saturated heterocycles. The smallest absolute Gasteiger partial charge is 0.134 e. The molecule has 3 heterocycles. The fraction of sp³-hybridized carbons (Fsp3) is 0.478. The van der Waals surface area contributed by atoms with Gasteiger partial charge in [0.2, 0.25) is 0 Å². The van der Waals surface area contributed by atoms with Gasteiger partial charge in [-0.3, -0.25) is 0 Å². The van der Waals surface area contributed by atoms with E-state index in [9.17, 15) is 0 Å². The van der Waals surface area contributed by atoms with Gasteiger partial charge in [0.05, 0.1) is 18.0 Å². The number of nitrogens with zero attached hydrogens (tertiary/aromatic N) is 4. The average Bonchev–Trinajstić information content (AvgIpc) is 3.08. The monoisotopic (exact) mass is 375 g/mol. The van der Waals surface area contributed by atoms with Crippen LogP contribution in [0.5, 0.6) is 0 Å². The van der Waals surface area contributed by atoms with Crippen LogP contribution >= 0.6 is 0 Å². The molecule has 0 amide bonds. The molecule has 1 aliphatic carbocycles. The molecule has 28 heavy (non-hydrogen) atoms. The molecule has 0 spiro atoms. The minimum atomic E-state index is 0.751. The number of nitrogens with one attached hydrogen (secondary N) is 1. The summed E-state index contributed by atoms with van der Waals surface area (Å²) in [5.41, 5.74) is 6.24. The van der Waals surface area contributed by atoms with E-state index in [-0.39, 0.29) is 0 Å². The van der Waals surface area contributed by atoms with Crippen LogP contribution in [0.3, 0.4) is 0 Å². The van der Waals surface area contributed by atoms with Gasteiger partial charge in [0.1, 0.15) is 11.3 Å². The van der Waals surface area contributed by atoms with E-state index >= 15 is 0 Å². The Morgan fingerprint density at radius 1 is 1.25 bits per heavy atom.